The van der Waals surface area contributed by atoms with Crippen molar-refractivity contribution in [2.45, 2.75) is 39.7 Å². The average molecular weight is 447 g/mol. The quantitative estimate of drug-likeness (QED) is 0.320. The van der Waals surface area contributed by atoms with E-state index in [-0.39, 0.29) is 5.91 Å². The Bertz CT molecular complexity index is 740. The minimum Gasteiger partial charge on any atom is -0.444 e. The van der Waals surface area contributed by atoms with E-state index in [2.05, 4.69) is 38.0 Å². The Labute approximate surface area is 191 Å². The second-order valence-corrected chi connectivity index (χ2v) is 8.57. The van der Waals surface area contributed by atoms with Crippen LogP contribution in [-0.4, -0.2) is 80.8 Å². The number of alkyl carbamates (subject to hydrolysis) is 1. The molecular formula is C23H38N6O3. The minimum absolute atomic E-state index is 0.129. The minimum atomic E-state index is -0.519. The van der Waals surface area contributed by atoms with Crippen molar-refractivity contribution in [3.63, 3.8) is 0 Å². The average Bonchev–Trinajstić information content (AvgIpc) is 2.76. The Balaban J connectivity index is 1.68. The van der Waals surface area contributed by atoms with Crippen LogP contribution >= 0.6 is 0 Å². The number of amides is 2. The molecule has 9 nitrogen and oxygen atoms in total. The molecule has 9 heteroatoms. The monoisotopic (exact) mass is 446 g/mol. The molecule has 0 spiro atoms. The fourth-order valence-electron chi connectivity index (χ4n) is 3.28. The number of para-hydroxylation sites is 1. The van der Waals surface area contributed by atoms with Crippen molar-refractivity contribution < 1.29 is 14.3 Å². The van der Waals surface area contributed by atoms with Gasteiger partial charge in [0.05, 0.1) is 6.54 Å². The molecule has 0 aromatic heterocycles. The second kappa shape index (κ2) is 12.8. The van der Waals surface area contributed by atoms with Crippen molar-refractivity contribution in [2.75, 3.05) is 57.3 Å². The van der Waals surface area contributed by atoms with Crippen LogP contribution in [0.2, 0.25) is 0 Å². The lowest BCUT2D eigenvalue weighted by atomic mass is 10.2. The lowest BCUT2D eigenvalue weighted by molar-refractivity contribution is -0.131. The molecule has 1 aromatic rings. The summed E-state index contributed by atoms with van der Waals surface area (Å²) in [5.41, 5.74) is 0.681. The van der Waals surface area contributed by atoms with E-state index in [0.717, 1.165) is 26.2 Å². The normalized spacial score (nSPS) is 14.7. The molecule has 1 aromatic carbocycles. The maximum absolute atomic E-state index is 12.6. The highest BCUT2D eigenvalue weighted by atomic mass is 16.6. The number of ether oxygens (including phenoxy) is 1. The third-order valence-electron chi connectivity index (χ3n) is 4.78. The van der Waals surface area contributed by atoms with Gasteiger partial charge >= 0.3 is 6.09 Å². The van der Waals surface area contributed by atoms with E-state index in [9.17, 15) is 9.59 Å². The molecule has 1 heterocycles. The fourth-order valence-corrected chi connectivity index (χ4v) is 3.28. The Hall–Kier alpha value is -2.97. The summed E-state index contributed by atoms with van der Waals surface area (Å²) >= 11 is 0. The van der Waals surface area contributed by atoms with Crippen LogP contribution in [0.1, 0.15) is 34.1 Å². The first-order valence-electron chi connectivity index (χ1n) is 11.4. The summed E-state index contributed by atoms with van der Waals surface area (Å²) in [5.74, 6) is 0.754. The summed E-state index contributed by atoms with van der Waals surface area (Å²) in [7, 11) is 0. The Morgan fingerprint density at radius 3 is 2.28 bits per heavy atom. The van der Waals surface area contributed by atoms with Gasteiger partial charge < -0.3 is 30.5 Å². The van der Waals surface area contributed by atoms with E-state index < -0.39 is 11.7 Å². The number of rotatable bonds is 8. The number of hydrogen-bond acceptors (Lipinski definition) is 5. The third kappa shape index (κ3) is 9.45. The van der Waals surface area contributed by atoms with Gasteiger partial charge in [0, 0.05) is 57.9 Å². The van der Waals surface area contributed by atoms with Gasteiger partial charge in [-0.15, -0.1) is 0 Å². The molecular weight excluding hydrogens is 408 g/mol. The van der Waals surface area contributed by atoms with Gasteiger partial charge in [-0.1, -0.05) is 18.2 Å². The van der Waals surface area contributed by atoms with Crippen molar-refractivity contribution in [2.24, 2.45) is 4.99 Å². The Morgan fingerprint density at radius 2 is 1.66 bits per heavy atom. The van der Waals surface area contributed by atoms with Gasteiger partial charge in [0.2, 0.25) is 5.91 Å². The lowest BCUT2D eigenvalue weighted by Gasteiger charge is -2.36. The number of nitrogens with zero attached hydrogens (tertiary/aromatic N) is 3. The molecule has 0 bridgehead atoms. The van der Waals surface area contributed by atoms with Gasteiger partial charge in [-0.3, -0.25) is 9.79 Å². The van der Waals surface area contributed by atoms with Crippen molar-refractivity contribution in [3.8, 4) is 0 Å². The summed E-state index contributed by atoms with van der Waals surface area (Å²) < 4.78 is 5.20. The molecule has 0 radical (unpaired) electrons. The highest BCUT2D eigenvalue weighted by Gasteiger charge is 2.20. The van der Waals surface area contributed by atoms with E-state index in [1.165, 1.54) is 5.69 Å². The van der Waals surface area contributed by atoms with Crippen LogP contribution in [0.25, 0.3) is 0 Å². The first kappa shape index (κ1) is 25.3. The number of benzene rings is 1. The highest BCUT2D eigenvalue weighted by Crippen LogP contribution is 2.15. The molecule has 0 atom stereocenters. The Kier molecular flexibility index (Phi) is 10.1. The van der Waals surface area contributed by atoms with E-state index in [1.807, 2.05) is 50.8 Å². The summed E-state index contributed by atoms with van der Waals surface area (Å²) in [6.07, 6.45) is -0.0721. The molecule has 0 saturated carbocycles. The SMILES string of the molecule is CCNC(=NCCC(=O)N1CCN(c2ccccc2)CC1)NCCNC(=O)OC(C)(C)C. The topological polar surface area (TPSA) is 98.3 Å². The van der Waals surface area contributed by atoms with Gasteiger partial charge in [-0.05, 0) is 39.8 Å². The molecule has 178 valence electrons. The zero-order valence-corrected chi connectivity index (χ0v) is 19.8. The molecule has 2 amide bonds. The maximum atomic E-state index is 12.6. The van der Waals surface area contributed by atoms with Crippen molar-refractivity contribution in [3.05, 3.63) is 30.3 Å². The number of aliphatic imine (C=N–C) groups is 1. The van der Waals surface area contributed by atoms with Gasteiger partial charge in [-0.2, -0.15) is 0 Å². The van der Waals surface area contributed by atoms with Crippen LogP contribution in [0.5, 0.6) is 0 Å². The predicted octanol–water partition coefficient (Wildman–Crippen LogP) is 1.81. The van der Waals surface area contributed by atoms with Gasteiger partial charge in [0.1, 0.15) is 5.60 Å². The van der Waals surface area contributed by atoms with Crippen LogP contribution in [0, 0.1) is 0 Å². The van der Waals surface area contributed by atoms with E-state index >= 15 is 0 Å². The highest BCUT2D eigenvalue weighted by molar-refractivity contribution is 5.81. The molecule has 1 aliphatic heterocycles. The molecule has 1 saturated heterocycles. The molecule has 1 aliphatic rings. The molecule has 1 fully saturated rings. The number of carbonyl (C=O) groups excluding carboxylic acids is 2. The summed E-state index contributed by atoms with van der Waals surface area (Å²) in [4.78, 5) is 32.9. The van der Waals surface area contributed by atoms with Crippen LogP contribution in [0.3, 0.4) is 0 Å². The van der Waals surface area contributed by atoms with Gasteiger partial charge in [0.25, 0.3) is 0 Å². The smallest absolute Gasteiger partial charge is 0.407 e. The van der Waals surface area contributed by atoms with Crippen LogP contribution in [0.4, 0.5) is 10.5 Å². The summed E-state index contributed by atoms with van der Waals surface area (Å²) in [6, 6.07) is 10.3. The van der Waals surface area contributed by atoms with Gasteiger partial charge in [-0.25, -0.2) is 4.79 Å². The Morgan fingerprint density at radius 1 is 1.00 bits per heavy atom. The molecule has 0 unspecified atom stereocenters. The van der Waals surface area contributed by atoms with Crippen molar-refractivity contribution >= 4 is 23.6 Å². The number of hydrogen-bond donors (Lipinski definition) is 3. The number of piperazine rings is 1. The predicted molar refractivity (Wildman–Crippen MR) is 128 cm³/mol. The third-order valence-corrected chi connectivity index (χ3v) is 4.78. The summed E-state index contributed by atoms with van der Waals surface area (Å²) in [6.45, 7) is 12.6. The standard InChI is InChI=1S/C23H38N6O3/c1-5-24-21(26-13-14-27-22(31)32-23(2,3)4)25-12-11-20(30)29-17-15-28(16-18-29)19-9-7-6-8-10-19/h6-10H,5,11-18H2,1-4H3,(H,27,31)(H2,24,25,26). The van der Waals surface area contributed by atoms with Crippen LogP contribution in [0.15, 0.2) is 35.3 Å². The van der Waals surface area contributed by atoms with Crippen LogP contribution in [-0.2, 0) is 9.53 Å². The number of nitrogens with one attached hydrogen (secondary N) is 3. The van der Waals surface area contributed by atoms with E-state index in [1.54, 1.807) is 0 Å². The second-order valence-electron chi connectivity index (χ2n) is 8.57. The largest absolute Gasteiger partial charge is 0.444 e. The molecule has 3 N–H and O–H groups in total. The molecule has 0 aliphatic carbocycles. The number of carbonyl (C=O) groups is 2. The first-order valence-corrected chi connectivity index (χ1v) is 11.4. The van der Waals surface area contributed by atoms with Crippen LogP contribution < -0.4 is 20.9 Å². The fraction of sp³-hybridized carbons (Fsp3) is 0.609. The molecule has 2 rings (SSSR count). The first-order chi connectivity index (χ1) is 15.3. The molecule has 32 heavy (non-hydrogen) atoms. The zero-order chi connectivity index (χ0) is 23.4. The van der Waals surface area contributed by atoms with Gasteiger partial charge in [0.15, 0.2) is 5.96 Å². The zero-order valence-electron chi connectivity index (χ0n) is 19.8. The summed E-state index contributed by atoms with van der Waals surface area (Å²) in [5, 5.41) is 9.00. The number of guanidine groups is 1. The van der Waals surface area contributed by atoms with Crippen molar-refractivity contribution in [1.82, 2.24) is 20.9 Å². The lowest BCUT2D eigenvalue weighted by Crippen LogP contribution is -2.49. The van der Waals surface area contributed by atoms with E-state index in [4.69, 9.17) is 4.74 Å². The maximum Gasteiger partial charge on any atom is 0.407 e. The van der Waals surface area contributed by atoms with E-state index in [0.29, 0.717) is 38.6 Å². The van der Waals surface area contributed by atoms with Crippen molar-refractivity contribution in [1.29, 1.82) is 0 Å². The number of anilines is 1.